The number of allylic oxidation sites excluding steroid dienone is 8. The number of ether oxygens (including phenoxy) is 2. The van der Waals surface area contributed by atoms with Gasteiger partial charge < -0.3 is 24.6 Å². The first-order chi connectivity index (χ1) is 32.3. The smallest absolute Gasteiger partial charge is 0.457 e. The summed E-state index contributed by atoms with van der Waals surface area (Å²) in [5.41, 5.74) is 0. The van der Waals surface area contributed by atoms with E-state index in [2.05, 4.69) is 62.5 Å². The first-order valence-corrected chi connectivity index (χ1v) is 29.1. The summed E-state index contributed by atoms with van der Waals surface area (Å²) in [5.74, 6) is -0.384. The van der Waals surface area contributed by atoms with Gasteiger partial charge in [0, 0.05) is 13.0 Å². The molecule has 0 bridgehead atoms. The Kier molecular flexibility index (Phi) is 51.5. The number of aliphatic hydroxyl groups is 2. The van der Waals surface area contributed by atoms with E-state index in [4.69, 9.17) is 23.6 Å². The molecule has 0 aliphatic carbocycles. The Hall–Kier alpha value is -1.58. The van der Waals surface area contributed by atoms with E-state index >= 15 is 0 Å². The van der Waals surface area contributed by atoms with Gasteiger partial charge in [0.1, 0.15) is 12.2 Å². The average Bonchev–Trinajstić information content (AvgIpc) is 3.31. The molecule has 0 aromatic rings. The molecular formula is C56H105O9P. The second-order valence-electron chi connectivity index (χ2n) is 18.6. The molecule has 3 N–H and O–H groups in total. The van der Waals surface area contributed by atoms with Crippen LogP contribution in [0.4, 0.5) is 0 Å². The topological polar surface area (TPSA) is 132 Å². The van der Waals surface area contributed by atoms with Crippen molar-refractivity contribution < 1.29 is 43.0 Å². The summed E-state index contributed by atoms with van der Waals surface area (Å²) >= 11 is 0. The van der Waals surface area contributed by atoms with Gasteiger partial charge in [-0.15, -0.1) is 0 Å². The van der Waals surface area contributed by atoms with Gasteiger partial charge in [0.15, 0.2) is 0 Å². The zero-order chi connectivity index (χ0) is 48.1. The minimum atomic E-state index is -4.53. The highest BCUT2D eigenvalue weighted by Crippen LogP contribution is 2.43. The Balaban J connectivity index is 4.04. The van der Waals surface area contributed by atoms with Crippen LogP contribution >= 0.6 is 7.82 Å². The van der Waals surface area contributed by atoms with Gasteiger partial charge in [-0.2, -0.15) is 0 Å². The van der Waals surface area contributed by atoms with Crippen molar-refractivity contribution in [3.63, 3.8) is 0 Å². The van der Waals surface area contributed by atoms with Crippen molar-refractivity contribution >= 4 is 13.8 Å². The van der Waals surface area contributed by atoms with Crippen molar-refractivity contribution in [1.29, 1.82) is 0 Å². The maximum Gasteiger partial charge on any atom is 0.472 e. The predicted molar refractivity (Wildman–Crippen MR) is 279 cm³/mol. The normalized spacial score (nSPS) is 14.1. The highest BCUT2D eigenvalue weighted by Gasteiger charge is 2.26. The molecule has 0 spiro atoms. The van der Waals surface area contributed by atoms with E-state index in [1.54, 1.807) is 0 Å². The van der Waals surface area contributed by atoms with Crippen LogP contribution in [0, 0.1) is 0 Å². The second kappa shape index (κ2) is 52.8. The molecule has 0 aliphatic heterocycles. The largest absolute Gasteiger partial charge is 0.472 e. The molecule has 10 heteroatoms. The van der Waals surface area contributed by atoms with Crippen molar-refractivity contribution in [3.8, 4) is 0 Å². The zero-order valence-corrected chi connectivity index (χ0v) is 43.8. The number of hydrogen-bond donors (Lipinski definition) is 3. The summed E-state index contributed by atoms with van der Waals surface area (Å²) in [5, 5.41) is 18.4. The Bertz CT molecular complexity index is 1170. The first-order valence-electron chi connectivity index (χ1n) is 27.6. The van der Waals surface area contributed by atoms with Crippen LogP contribution in [0.5, 0.6) is 0 Å². The van der Waals surface area contributed by atoms with E-state index in [1.165, 1.54) is 180 Å². The maximum absolute atomic E-state index is 12.7. The van der Waals surface area contributed by atoms with E-state index in [-0.39, 0.29) is 25.6 Å². The molecule has 0 saturated carbocycles. The lowest BCUT2D eigenvalue weighted by Crippen LogP contribution is -2.29. The lowest BCUT2D eigenvalue weighted by Gasteiger charge is -2.20. The van der Waals surface area contributed by atoms with Crippen molar-refractivity contribution in [1.82, 2.24) is 0 Å². The molecular weight excluding hydrogens is 848 g/mol. The summed E-state index contributed by atoms with van der Waals surface area (Å²) in [4.78, 5) is 22.7. The van der Waals surface area contributed by atoms with Crippen molar-refractivity contribution in [3.05, 3.63) is 48.6 Å². The van der Waals surface area contributed by atoms with E-state index in [1.807, 2.05) is 0 Å². The second-order valence-corrected chi connectivity index (χ2v) is 20.1. The Morgan fingerprint density at radius 3 is 1.21 bits per heavy atom. The summed E-state index contributed by atoms with van der Waals surface area (Å²) in [6, 6.07) is 0. The van der Waals surface area contributed by atoms with Gasteiger partial charge in [0.05, 0.1) is 26.4 Å². The van der Waals surface area contributed by atoms with Crippen LogP contribution in [0.3, 0.4) is 0 Å². The number of hydrogen-bond acceptors (Lipinski definition) is 8. The fraction of sp³-hybridized carbons (Fsp3) is 0.839. The standard InChI is InChI=1S/C56H105O9P/c1-3-5-7-9-11-13-15-17-19-21-23-25-26-27-29-31-33-35-37-39-41-43-45-47-49-62-52-55(53-64-66(60,61)63-51-54(58)50-57)65-56(59)48-46-44-42-40-38-36-34-32-30-28-24-22-20-18-16-14-12-10-8-6-4-2/h15-18,21-24,54-55,57-58H,3-14,19-20,25-53H2,1-2H3,(H,60,61)/b17-15-,18-16-,23-21-,24-22-. The quantitative estimate of drug-likeness (QED) is 0.0236. The summed E-state index contributed by atoms with van der Waals surface area (Å²) < 4.78 is 33.6. The number of carbonyl (C=O) groups is 1. The van der Waals surface area contributed by atoms with Crippen LogP contribution in [0.2, 0.25) is 0 Å². The number of rotatable bonds is 53. The first kappa shape index (κ1) is 64.4. The lowest BCUT2D eigenvalue weighted by atomic mass is 10.0. The van der Waals surface area contributed by atoms with Gasteiger partial charge in [0.25, 0.3) is 0 Å². The Morgan fingerprint density at radius 2 is 0.818 bits per heavy atom. The lowest BCUT2D eigenvalue weighted by molar-refractivity contribution is -0.154. The van der Waals surface area contributed by atoms with Crippen LogP contribution in [-0.2, 0) is 27.9 Å². The third-order valence-electron chi connectivity index (χ3n) is 12.0. The molecule has 66 heavy (non-hydrogen) atoms. The number of esters is 1. The van der Waals surface area contributed by atoms with Crippen LogP contribution in [0.1, 0.15) is 258 Å². The number of phosphoric acid groups is 1. The molecule has 0 aliphatic rings. The van der Waals surface area contributed by atoms with Gasteiger partial charge in [0.2, 0.25) is 0 Å². The zero-order valence-electron chi connectivity index (χ0n) is 42.9. The molecule has 0 radical (unpaired) electrons. The van der Waals surface area contributed by atoms with Gasteiger partial charge in [-0.05, 0) is 77.0 Å². The molecule has 3 unspecified atom stereocenters. The number of unbranched alkanes of at least 4 members (excludes halogenated alkanes) is 31. The fourth-order valence-electron chi connectivity index (χ4n) is 7.77. The molecule has 0 rings (SSSR count). The Morgan fingerprint density at radius 1 is 0.470 bits per heavy atom. The number of carbonyl (C=O) groups excluding carboxylic acids is 1. The number of phosphoric ester groups is 1. The van der Waals surface area contributed by atoms with E-state index < -0.39 is 33.2 Å². The van der Waals surface area contributed by atoms with E-state index in [0.29, 0.717) is 6.61 Å². The number of aliphatic hydroxyl groups excluding tert-OH is 2. The summed E-state index contributed by atoms with van der Waals surface area (Å²) in [6.45, 7) is 3.53. The minimum absolute atomic E-state index is 0.0472. The third kappa shape index (κ3) is 51.8. The van der Waals surface area contributed by atoms with Crippen LogP contribution in [-0.4, -0.2) is 66.3 Å². The van der Waals surface area contributed by atoms with Crippen LogP contribution < -0.4 is 0 Å². The van der Waals surface area contributed by atoms with Crippen LogP contribution in [0.25, 0.3) is 0 Å². The molecule has 9 nitrogen and oxygen atoms in total. The highest BCUT2D eigenvalue weighted by atomic mass is 31.2. The molecule has 388 valence electrons. The highest BCUT2D eigenvalue weighted by molar-refractivity contribution is 7.47. The molecule has 0 aromatic heterocycles. The SMILES string of the molecule is CCCCCCC/C=C\C/C=C\CCCCCCCCCCCCCCOCC(COP(=O)(O)OCC(O)CO)OC(=O)CCCCCCCCCCC/C=C\C/C=C\CCCCCCC. The van der Waals surface area contributed by atoms with E-state index in [0.717, 1.165) is 57.8 Å². The maximum atomic E-state index is 12.7. The average molecular weight is 953 g/mol. The van der Waals surface area contributed by atoms with Gasteiger partial charge in [-0.25, -0.2) is 4.57 Å². The van der Waals surface area contributed by atoms with Crippen LogP contribution in [0.15, 0.2) is 48.6 Å². The minimum Gasteiger partial charge on any atom is -0.457 e. The molecule has 3 atom stereocenters. The molecule has 0 saturated heterocycles. The molecule has 0 fully saturated rings. The van der Waals surface area contributed by atoms with Gasteiger partial charge in [-0.3, -0.25) is 13.8 Å². The third-order valence-corrected chi connectivity index (χ3v) is 12.9. The molecule has 0 amide bonds. The summed E-state index contributed by atoms with van der Waals surface area (Å²) in [7, 11) is -4.53. The Labute approximate surface area is 407 Å². The fourth-order valence-corrected chi connectivity index (χ4v) is 8.56. The van der Waals surface area contributed by atoms with Crippen molar-refractivity contribution in [2.75, 3.05) is 33.0 Å². The van der Waals surface area contributed by atoms with Gasteiger partial charge in [-0.1, -0.05) is 223 Å². The molecule has 0 heterocycles. The van der Waals surface area contributed by atoms with Crippen molar-refractivity contribution in [2.24, 2.45) is 0 Å². The monoisotopic (exact) mass is 953 g/mol. The predicted octanol–water partition coefficient (Wildman–Crippen LogP) is 16.5. The van der Waals surface area contributed by atoms with Gasteiger partial charge >= 0.3 is 13.8 Å². The molecule has 0 aromatic carbocycles. The van der Waals surface area contributed by atoms with Crippen molar-refractivity contribution in [2.45, 2.75) is 270 Å². The summed E-state index contributed by atoms with van der Waals surface area (Å²) in [6.07, 6.45) is 62.2. The van der Waals surface area contributed by atoms with E-state index in [9.17, 15) is 19.4 Å².